The summed E-state index contributed by atoms with van der Waals surface area (Å²) in [5, 5.41) is 24.4. The van der Waals surface area contributed by atoms with E-state index in [-0.39, 0.29) is 23.6 Å². The summed E-state index contributed by atoms with van der Waals surface area (Å²) in [5.41, 5.74) is -0.448. The molecule has 0 unspecified atom stereocenters. The first kappa shape index (κ1) is 13.5. The molecule has 0 saturated heterocycles. The molecule has 1 aromatic carbocycles. The monoisotopic (exact) mass is 277 g/mol. The van der Waals surface area contributed by atoms with Crippen molar-refractivity contribution >= 4 is 17.1 Å². The molecule has 0 fully saturated rings. The van der Waals surface area contributed by atoms with Crippen LogP contribution in [0.25, 0.3) is 0 Å². The van der Waals surface area contributed by atoms with E-state index in [1.165, 1.54) is 12.1 Å². The standard InChI is InChI=1S/C11H11N5O4/c1-14-5-4-12-11(14)7-13-9-3-2-8(15(17)18)6-10(9)16(19)20/h2-6,13H,7H2,1H3. The van der Waals surface area contributed by atoms with Crippen LogP contribution in [0, 0.1) is 20.2 Å². The van der Waals surface area contributed by atoms with Gasteiger partial charge in [-0.2, -0.15) is 0 Å². The third kappa shape index (κ3) is 2.71. The number of nitro groups is 2. The lowest BCUT2D eigenvalue weighted by molar-refractivity contribution is -0.393. The topological polar surface area (TPSA) is 116 Å². The summed E-state index contributed by atoms with van der Waals surface area (Å²) < 4.78 is 1.77. The lowest BCUT2D eigenvalue weighted by atomic mass is 10.2. The summed E-state index contributed by atoms with van der Waals surface area (Å²) in [4.78, 5) is 24.3. The van der Waals surface area contributed by atoms with Gasteiger partial charge in [-0.25, -0.2) is 4.98 Å². The van der Waals surface area contributed by atoms with Crippen molar-refractivity contribution < 1.29 is 9.85 Å². The predicted octanol–water partition coefficient (Wildman–Crippen LogP) is 1.85. The van der Waals surface area contributed by atoms with E-state index in [0.717, 1.165) is 6.07 Å². The number of nitrogens with one attached hydrogen (secondary N) is 1. The van der Waals surface area contributed by atoms with Gasteiger partial charge in [0.1, 0.15) is 11.5 Å². The number of non-ortho nitro benzene ring substituents is 1. The van der Waals surface area contributed by atoms with Gasteiger partial charge in [0, 0.05) is 25.5 Å². The maximum atomic E-state index is 10.9. The molecule has 0 bridgehead atoms. The number of anilines is 1. The zero-order chi connectivity index (χ0) is 14.7. The van der Waals surface area contributed by atoms with E-state index in [9.17, 15) is 20.2 Å². The fraction of sp³-hybridized carbons (Fsp3) is 0.182. The molecule has 104 valence electrons. The van der Waals surface area contributed by atoms with Crippen molar-refractivity contribution in [1.29, 1.82) is 0 Å². The van der Waals surface area contributed by atoms with E-state index in [4.69, 9.17) is 0 Å². The van der Waals surface area contributed by atoms with Crippen LogP contribution in [0.1, 0.15) is 5.82 Å². The highest BCUT2D eigenvalue weighted by atomic mass is 16.6. The highest BCUT2D eigenvalue weighted by Gasteiger charge is 2.19. The van der Waals surface area contributed by atoms with E-state index in [0.29, 0.717) is 5.82 Å². The first-order valence-electron chi connectivity index (χ1n) is 5.62. The van der Waals surface area contributed by atoms with Crippen molar-refractivity contribution in [2.75, 3.05) is 5.32 Å². The van der Waals surface area contributed by atoms with E-state index >= 15 is 0 Å². The fourth-order valence-electron chi connectivity index (χ4n) is 1.68. The number of nitro benzene ring substituents is 2. The summed E-state index contributed by atoms with van der Waals surface area (Å²) >= 11 is 0. The Morgan fingerprint density at radius 3 is 2.60 bits per heavy atom. The van der Waals surface area contributed by atoms with Crippen LogP contribution in [-0.2, 0) is 13.6 Å². The van der Waals surface area contributed by atoms with Crippen LogP contribution in [0.3, 0.4) is 0 Å². The van der Waals surface area contributed by atoms with Crippen LogP contribution in [0.5, 0.6) is 0 Å². The van der Waals surface area contributed by atoms with Gasteiger partial charge < -0.3 is 9.88 Å². The van der Waals surface area contributed by atoms with Gasteiger partial charge in [-0.15, -0.1) is 0 Å². The molecular formula is C11H11N5O4. The van der Waals surface area contributed by atoms with Crippen molar-refractivity contribution in [2.45, 2.75) is 6.54 Å². The Labute approximate surface area is 113 Å². The molecule has 0 saturated carbocycles. The summed E-state index contributed by atoms with van der Waals surface area (Å²) in [5.74, 6) is 0.692. The van der Waals surface area contributed by atoms with Gasteiger partial charge in [-0.05, 0) is 6.07 Å². The summed E-state index contributed by atoms with van der Waals surface area (Å²) in [6, 6.07) is 3.47. The molecule has 0 atom stereocenters. The smallest absolute Gasteiger partial charge is 0.299 e. The zero-order valence-corrected chi connectivity index (χ0v) is 10.5. The molecule has 9 heteroatoms. The lowest BCUT2D eigenvalue weighted by Gasteiger charge is -2.07. The third-order valence-electron chi connectivity index (χ3n) is 2.75. The normalized spacial score (nSPS) is 10.2. The number of nitrogens with zero attached hydrogens (tertiary/aromatic N) is 4. The Hall–Kier alpha value is -2.97. The van der Waals surface area contributed by atoms with Gasteiger partial charge in [-0.1, -0.05) is 0 Å². The van der Waals surface area contributed by atoms with E-state index < -0.39 is 9.85 Å². The molecular weight excluding hydrogens is 266 g/mol. The maximum Gasteiger partial charge on any atom is 0.299 e. The maximum absolute atomic E-state index is 10.9. The molecule has 1 aromatic heterocycles. The quantitative estimate of drug-likeness (QED) is 0.658. The van der Waals surface area contributed by atoms with Crippen molar-refractivity contribution in [2.24, 2.45) is 7.05 Å². The second-order valence-corrected chi connectivity index (χ2v) is 4.02. The molecule has 0 aliphatic carbocycles. The molecule has 20 heavy (non-hydrogen) atoms. The number of hydrogen-bond donors (Lipinski definition) is 1. The second kappa shape index (κ2) is 5.34. The number of aryl methyl sites for hydroxylation is 1. The average molecular weight is 277 g/mol. The third-order valence-corrected chi connectivity index (χ3v) is 2.75. The summed E-state index contributed by atoms with van der Waals surface area (Å²) in [7, 11) is 1.80. The van der Waals surface area contributed by atoms with Crippen molar-refractivity contribution in [1.82, 2.24) is 9.55 Å². The lowest BCUT2D eigenvalue weighted by Crippen LogP contribution is -2.07. The van der Waals surface area contributed by atoms with Gasteiger partial charge in [-0.3, -0.25) is 20.2 Å². The van der Waals surface area contributed by atoms with Crippen LogP contribution >= 0.6 is 0 Å². The minimum Gasteiger partial charge on any atom is -0.372 e. The molecule has 0 spiro atoms. The minimum atomic E-state index is -0.671. The zero-order valence-electron chi connectivity index (χ0n) is 10.5. The minimum absolute atomic E-state index is 0.212. The summed E-state index contributed by atoms with van der Waals surface area (Å²) in [6.45, 7) is 0.280. The highest BCUT2D eigenvalue weighted by Crippen LogP contribution is 2.29. The first-order valence-corrected chi connectivity index (χ1v) is 5.62. The Bertz CT molecular complexity index is 667. The van der Waals surface area contributed by atoms with Crippen LogP contribution in [0.2, 0.25) is 0 Å². The first-order chi connectivity index (χ1) is 9.49. The number of imidazole rings is 1. The Balaban J connectivity index is 2.25. The molecule has 2 aromatic rings. The van der Waals surface area contributed by atoms with Crippen molar-refractivity contribution in [3.8, 4) is 0 Å². The molecule has 0 amide bonds. The number of aromatic nitrogens is 2. The Kier molecular flexibility index (Phi) is 3.60. The largest absolute Gasteiger partial charge is 0.372 e. The van der Waals surface area contributed by atoms with Gasteiger partial charge >= 0.3 is 0 Å². The Morgan fingerprint density at radius 2 is 2.05 bits per heavy atom. The van der Waals surface area contributed by atoms with E-state index in [1.807, 2.05) is 0 Å². The second-order valence-electron chi connectivity index (χ2n) is 4.02. The summed E-state index contributed by atoms with van der Waals surface area (Å²) in [6.07, 6.45) is 3.36. The number of hydrogen-bond acceptors (Lipinski definition) is 6. The molecule has 0 aliphatic heterocycles. The molecule has 1 heterocycles. The fourth-order valence-corrected chi connectivity index (χ4v) is 1.68. The number of rotatable bonds is 5. The van der Waals surface area contributed by atoms with Crippen LogP contribution in [0.15, 0.2) is 30.6 Å². The van der Waals surface area contributed by atoms with Gasteiger partial charge in [0.05, 0.1) is 22.5 Å². The molecule has 9 nitrogen and oxygen atoms in total. The molecule has 1 N–H and O–H groups in total. The average Bonchev–Trinajstić information content (AvgIpc) is 2.81. The number of benzene rings is 1. The predicted molar refractivity (Wildman–Crippen MR) is 70.3 cm³/mol. The Morgan fingerprint density at radius 1 is 1.30 bits per heavy atom. The van der Waals surface area contributed by atoms with E-state index in [1.54, 1.807) is 24.0 Å². The molecule has 2 rings (SSSR count). The van der Waals surface area contributed by atoms with Gasteiger partial charge in [0.15, 0.2) is 0 Å². The van der Waals surface area contributed by atoms with Crippen LogP contribution in [-0.4, -0.2) is 19.4 Å². The highest BCUT2D eigenvalue weighted by molar-refractivity contribution is 5.65. The van der Waals surface area contributed by atoms with Crippen LogP contribution in [0.4, 0.5) is 17.1 Å². The molecule has 0 aliphatic rings. The van der Waals surface area contributed by atoms with E-state index in [2.05, 4.69) is 10.3 Å². The van der Waals surface area contributed by atoms with Crippen LogP contribution < -0.4 is 5.32 Å². The van der Waals surface area contributed by atoms with Gasteiger partial charge in [0.25, 0.3) is 11.4 Å². The van der Waals surface area contributed by atoms with Gasteiger partial charge in [0.2, 0.25) is 0 Å². The SMILES string of the molecule is Cn1ccnc1CNc1ccc([N+](=O)[O-])cc1[N+](=O)[O-]. The molecule has 0 radical (unpaired) electrons. The van der Waals surface area contributed by atoms with Crippen molar-refractivity contribution in [3.63, 3.8) is 0 Å². The van der Waals surface area contributed by atoms with Crippen molar-refractivity contribution in [3.05, 3.63) is 56.6 Å².